The SMILES string of the molecule is COC(=O)c1cc(NC(=O)CCCCN)cc(NC(=O)CCCCN)c1.Cl.Cl. The monoisotopic (exact) mass is 436 g/mol. The van der Waals surface area contributed by atoms with Crippen LogP contribution in [-0.2, 0) is 14.3 Å². The predicted octanol–water partition coefficient (Wildman–Crippen LogP) is 2.45. The van der Waals surface area contributed by atoms with E-state index in [-0.39, 0.29) is 42.2 Å². The standard InChI is InChI=1S/C18H28N4O4.2ClH/c1-26-18(25)13-10-14(21-16(23)6-2-4-8-19)12-15(11-13)22-17(24)7-3-5-9-20;;/h10-12H,2-9,19-20H2,1H3,(H,21,23)(H,22,24);2*1H. The van der Waals surface area contributed by atoms with Gasteiger partial charge in [0.2, 0.25) is 11.8 Å². The molecule has 0 aliphatic rings. The highest BCUT2D eigenvalue weighted by Crippen LogP contribution is 2.21. The lowest BCUT2D eigenvalue weighted by molar-refractivity contribution is -0.117. The number of carbonyl (C=O) groups excluding carboxylic acids is 3. The molecule has 0 atom stereocenters. The zero-order chi connectivity index (χ0) is 19.4. The van der Waals surface area contributed by atoms with Crippen LogP contribution in [0.25, 0.3) is 0 Å². The highest BCUT2D eigenvalue weighted by Gasteiger charge is 2.12. The maximum absolute atomic E-state index is 12.0. The van der Waals surface area contributed by atoms with E-state index in [0.29, 0.717) is 50.1 Å². The van der Waals surface area contributed by atoms with Crippen LogP contribution in [0.2, 0.25) is 0 Å². The van der Waals surface area contributed by atoms with Crippen molar-refractivity contribution >= 4 is 54.0 Å². The Morgan fingerprint density at radius 2 is 1.25 bits per heavy atom. The summed E-state index contributed by atoms with van der Waals surface area (Å²) in [6.45, 7) is 1.07. The van der Waals surface area contributed by atoms with Crippen LogP contribution in [0.3, 0.4) is 0 Å². The average Bonchev–Trinajstić information content (AvgIpc) is 2.61. The van der Waals surface area contributed by atoms with Crippen LogP contribution in [0.4, 0.5) is 11.4 Å². The van der Waals surface area contributed by atoms with E-state index < -0.39 is 5.97 Å². The number of halogens is 2. The van der Waals surface area contributed by atoms with Gasteiger partial charge in [-0.1, -0.05) is 0 Å². The lowest BCUT2D eigenvalue weighted by Crippen LogP contribution is -2.15. The van der Waals surface area contributed by atoms with Gasteiger partial charge in [0.1, 0.15) is 0 Å². The number of nitrogens with two attached hydrogens (primary N) is 2. The summed E-state index contributed by atoms with van der Waals surface area (Å²) >= 11 is 0. The lowest BCUT2D eigenvalue weighted by atomic mass is 10.1. The molecule has 6 N–H and O–H groups in total. The summed E-state index contributed by atoms with van der Waals surface area (Å²) < 4.78 is 4.72. The molecular weight excluding hydrogens is 407 g/mol. The van der Waals surface area contributed by atoms with Crippen molar-refractivity contribution in [1.29, 1.82) is 0 Å². The quantitative estimate of drug-likeness (QED) is 0.310. The van der Waals surface area contributed by atoms with E-state index in [0.717, 1.165) is 12.8 Å². The van der Waals surface area contributed by atoms with Crippen LogP contribution in [-0.4, -0.2) is 38.0 Å². The first kappa shape index (κ1) is 28.3. The van der Waals surface area contributed by atoms with Gasteiger partial charge in [-0.05, 0) is 57.0 Å². The number of unbranched alkanes of at least 4 members (excludes halogenated alkanes) is 2. The number of hydrogen-bond acceptors (Lipinski definition) is 6. The minimum absolute atomic E-state index is 0. The third-order valence-electron chi connectivity index (χ3n) is 3.64. The van der Waals surface area contributed by atoms with E-state index in [1.165, 1.54) is 19.2 Å². The van der Waals surface area contributed by atoms with Crippen LogP contribution >= 0.6 is 24.8 Å². The minimum Gasteiger partial charge on any atom is -0.465 e. The molecular formula is C18H30Cl2N4O4. The number of benzene rings is 1. The van der Waals surface area contributed by atoms with Crippen molar-refractivity contribution in [3.05, 3.63) is 23.8 Å². The van der Waals surface area contributed by atoms with Gasteiger partial charge in [-0.3, -0.25) is 9.59 Å². The fourth-order valence-corrected chi connectivity index (χ4v) is 2.31. The first-order chi connectivity index (χ1) is 12.5. The maximum atomic E-state index is 12.0. The fraction of sp³-hybridized carbons (Fsp3) is 0.500. The molecule has 0 saturated heterocycles. The maximum Gasteiger partial charge on any atom is 0.337 e. The molecule has 0 radical (unpaired) electrons. The van der Waals surface area contributed by atoms with E-state index in [1.54, 1.807) is 6.07 Å². The molecule has 0 unspecified atom stereocenters. The Morgan fingerprint density at radius 3 is 1.61 bits per heavy atom. The molecule has 8 nitrogen and oxygen atoms in total. The summed E-state index contributed by atoms with van der Waals surface area (Å²) in [5, 5.41) is 5.46. The zero-order valence-electron chi connectivity index (χ0n) is 16.0. The fourth-order valence-electron chi connectivity index (χ4n) is 2.31. The lowest BCUT2D eigenvalue weighted by Gasteiger charge is -2.11. The number of esters is 1. The van der Waals surface area contributed by atoms with Crippen LogP contribution in [0.1, 0.15) is 48.9 Å². The molecule has 0 bridgehead atoms. The normalized spacial score (nSPS) is 9.54. The topological polar surface area (TPSA) is 137 Å². The second-order valence-electron chi connectivity index (χ2n) is 5.88. The third-order valence-corrected chi connectivity index (χ3v) is 3.64. The van der Waals surface area contributed by atoms with E-state index in [2.05, 4.69) is 10.6 Å². The van der Waals surface area contributed by atoms with Gasteiger partial charge in [0.05, 0.1) is 12.7 Å². The third kappa shape index (κ3) is 11.1. The number of anilines is 2. The Balaban J connectivity index is 0. The van der Waals surface area contributed by atoms with E-state index in [1.807, 2.05) is 0 Å². The average molecular weight is 437 g/mol. The Morgan fingerprint density at radius 1 is 0.821 bits per heavy atom. The molecule has 2 amide bonds. The molecule has 0 aliphatic heterocycles. The van der Waals surface area contributed by atoms with E-state index in [9.17, 15) is 14.4 Å². The van der Waals surface area contributed by atoms with Crippen molar-refractivity contribution in [2.75, 3.05) is 30.8 Å². The summed E-state index contributed by atoms with van der Waals surface area (Å²) in [7, 11) is 1.27. The van der Waals surface area contributed by atoms with E-state index >= 15 is 0 Å². The molecule has 28 heavy (non-hydrogen) atoms. The zero-order valence-corrected chi connectivity index (χ0v) is 17.6. The van der Waals surface area contributed by atoms with Gasteiger partial charge in [-0.25, -0.2) is 4.79 Å². The first-order valence-electron chi connectivity index (χ1n) is 8.73. The molecule has 10 heteroatoms. The van der Waals surface area contributed by atoms with Gasteiger partial charge < -0.3 is 26.8 Å². The van der Waals surface area contributed by atoms with Crippen molar-refractivity contribution in [3.8, 4) is 0 Å². The van der Waals surface area contributed by atoms with Crippen molar-refractivity contribution in [2.45, 2.75) is 38.5 Å². The van der Waals surface area contributed by atoms with Crippen LogP contribution < -0.4 is 22.1 Å². The second-order valence-corrected chi connectivity index (χ2v) is 5.88. The van der Waals surface area contributed by atoms with Crippen LogP contribution in [0.15, 0.2) is 18.2 Å². The number of hydrogen-bond donors (Lipinski definition) is 4. The Labute approximate surface area is 177 Å². The van der Waals surface area contributed by atoms with Crippen LogP contribution in [0, 0.1) is 0 Å². The summed E-state index contributed by atoms with van der Waals surface area (Å²) in [6, 6.07) is 4.63. The number of rotatable bonds is 11. The molecule has 0 spiro atoms. The Bertz CT molecular complexity index is 587. The summed E-state index contributed by atoms with van der Waals surface area (Å²) in [4.78, 5) is 35.8. The van der Waals surface area contributed by atoms with Gasteiger partial charge >= 0.3 is 5.97 Å². The predicted molar refractivity (Wildman–Crippen MR) is 115 cm³/mol. The van der Waals surface area contributed by atoms with E-state index in [4.69, 9.17) is 16.2 Å². The number of nitrogens with one attached hydrogen (secondary N) is 2. The molecule has 0 heterocycles. The second kappa shape index (κ2) is 16.1. The summed E-state index contributed by atoms with van der Waals surface area (Å²) in [5.74, 6) is -0.913. The Kier molecular flexibility index (Phi) is 16.3. The molecule has 0 aromatic heterocycles. The molecule has 1 rings (SSSR count). The summed E-state index contributed by atoms with van der Waals surface area (Å²) in [6.07, 6.45) is 3.56. The number of amides is 2. The molecule has 1 aromatic rings. The largest absolute Gasteiger partial charge is 0.465 e. The molecule has 1 aromatic carbocycles. The van der Waals surface area contributed by atoms with Gasteiger partial charge in [-0.2, -0.15) is 0 Å². The molecule has 0 aliphatic carbocycles. The smallest absolute Gasteiger partial charge is 0.337 e. The van der Waals surface area contributed by atoms with Gasteiger partial charge in [0.15, 0.2) is 0 Å². The molecule has 160 valence electrons. The molecule has 0 saturated carbocycles. The number of methoxy groups -OCH3 is 1. The van der Waals surface area contributed by atoms with Crippen molar-refractivity contribution in [3.63, 3.8) is 0 Å². The van der Waals surface area contributed by atoms with Gasteiger partial charge in [0, 0.05) is 24.2 Å². The Hall–Kier alpha value is -1.87. The minimum atomic E-state index is -0.553. The summed E-state index contributed by atoms with van der Waals surface area (Å²) in [5.41, 5.74) is 11.9. The highest BCUT2D eigenvalue weighted by molar-refractivity contribution is 5.98. The molecule has 0 fully saturated rings. The van der Waals surface area contributed by atoms with Crippen molar-refractivity contribution in [2.24, 2.45) is 11.5 Å². The van der Waals surface area contributed by atoms with Gasteiger partial charge in [0.25, 0.3) is 0 Å². The van der Waals surface area contributed by atoms with Crippen molar-refractivity contribution < 1.29 is 19.1 Å². The van der Waals surface area contributed by atoms with Crippen LogP contribution in [0.5, 0.6) is 0 Å². The number of ether oxygens (including phenoxy) is 1. The highest BCUT2D eigenvalue weighted by atomic mass is 35.5. The number of carbonyl (C=O) groups is 3. The van der Waals surface area contributed by atoms with Gasteiger partial charge in [-0.15, -0.1) is 24.8 Å². The first-order valence-corrected chi connectivity index (χ1v) is 8.73. The van der Waals surface area contributed by atoms with Crippen molar-refractivity contribution in [1.82, 2.24) is 0 Å².